The Morgan fingerprint density at radius 2 is 0.748 bits per heavy atom. The second-order valence-corrected chi connectivity index (χ2v) is 28.8. The van der Waals surface area contributed by atoms with Gasteiger partial charge in [-0.3, -0.25) is 4.98 Å². The van der Waals surface area contributed by atoms with Gasteiger partial charge in [-0.15, -0.1) is 13.2 Å². The van der Waals surface area contributed by atoms with Gasteiger partial charge in [0.15, 0.2) is 11.5 Å². The summed E-state index contributed by atoms with van der Waals surface area (Å²) in [6, 6.07) is 54.2. The number of pyridine rings is 6. The molecule has 115 heavy (non-hydrogen) atoms. The Balaban J connectivity index is 0.000000133. The number of aromatic hydroxyl groups is 5. The summed E-state index contributed by atoms with van der Waals surface area (Å²) in [5.74, 6) is 3.14. The third-order valence-corrected chi connectivity index (χ3v) is 20.0. The zero-order valence-corrected chi connectivity index (χ0v) is 65.6. The number of nitrogens with zero attached hydrogens (tertiary/aromatic N) is 7. The van der Waals surface area contributed by atoms with Gasteiger partial charge in [0.05, 0.1) is 40.1 Å². The lowest BCUT2D eigenvalue weighted by atomic mass is 9.89. The number of benzene rings is 8. The number of hydrogen-bond acceptors (Lipinski definition) is 15. The first kappa shape index (κ1) is 80.8. The first-order valence-electron chi connectivity index (χ1n) is 37.8. The second kappa shape index (κ2) is 36.2. The first-order chi connectivity index (χ1) is 55.2. The molecule has 7 heterocycles. The van der Waals surface area contributed by atoms with Gasteiger partial charge < -0.3 is 39.7 Å². The van der Waals surface area contributed by atoms with Crippen LogP contribution in [0.15, 0.2) is 188 Å². The molecule has 0 unspecified atom stereocenters. The lowest BCUT2D eigenvalue weighted by Gasteiger charge is -2.17. The van der Waals surface area contributed by atoms with Crippen molar-refractivity contribution < 1.29 is 52.9 Å². The second-order valence-electron chi connectivity index (χ2n) is 28.8. The predicted octanol–water partition coefficient (Wildman–Crippen LogP) is 24.0. The van der Waals surface area contributed by atoms with Gasteiger partial charge in [0.1, 0.15) is 62.1 Å². The van der Waals surface area contributed by atoms with Gasteiger partial charge in [0, 0.05) is 39.3 Å². The van der Waals surface area contributed by atoms with Crippen LogP contribution in [0, 0.1) is 86.5 Å². The van der Waals surface area contributed by atoms with Gasteiger partial charge >= 0.3 is 6.36 Å². The average Bonchev–Trinajstić information content (AvgIpc) is 1.18. The molecule has 16 rings (SSSR count). The minimum atomic E-state index is -4.70. The van der Waals surface area contributed by atoms with E-state index >= 15 is 0 Å². The Bertz CT molecular complexity index is 6160. The molecule has 0 radical (unpaired) electrons. The molecule has 1 aliphatic carbocycles. The molecule has 5 N–H and O–H groups in total. The predicted molar refractivity (Wildman–Crippen MR) is 457 cm³/mol. The number of rotatable bonds is 11. The summed E-state index contributed by atoms with van der Waals surface area (Å²) in [7, 11) is 0. The summed E-state index contributed by atoms with van der Waals surface area (Å²) in [5, 5.41) is 64.9. The number of alkyl halides is 3. The SMILES string of the molecule is Cc1cc(C)c2ccc(/C=C/C3CCCCC3)nc2c1O.Cc1cc(C)c2ccc(/C=C/c3ccc(OC(F)(F)F)cc3)nc2c1O.Cc1cc(C)c2ccc(/C=C/c3ccc4c(c3)OCO4)nc2c1O.Cc1cc(C)c2ccc(/C=C/c3cccc(C#N)c3)nc2c1O.Cc1cc(C)c2ccc(/C=C/c3cccnc3)nc2c1O. The molecule has 0 amide bonds. The molecule has 14 aromatic rings. The Morgan fingerprint density at radius 3 is 1.14 bits per heavy atom. The van der Waals surface area contributed by atoms with Gasteiger partial charge in [-0.2, -0.15) is 5.26 Å². The van der Waals surface area contributed by atoms with Crippen LogP contribution in [-0.2, 0) is 0 Å². The monoisotopic (exact) mass is 1540 g/mol. The molecule has 0 atom stereocenters. The van der Waals surface area contributed by atoms with E-state index in [-0.39, 0.29) is 35.5 Å². The normalized spacial score (nSPS) is 12.8. The van der Waals surface area contributed by atoms with Crippen LogP contribution in [0.1, 0.15) is 144 Å². The van der Waals surface area contributed by atoms with E-state index in [0.29, 0.717) is 50.6 Å². The summed E-state index contributed by atoms with van der Waals surface area (Å²) in [5.41, 5.74) is 21.1. The van der Waals surface area contributed by atoms with Crippen LogP contribution in [0.4, 0.5) is 13.2 Å². The standard InChI is InChI=1S/C20H16F3NO2.C20H16N2O.C20H17NO3.C19H23NO.C18H16N2O/c1-12-11-13(2)19(25)18-17(12)10-7-15(24-18)6-3-14-4-8-16(9-5-14)26-20(21,22)23;1-13-10-14(2)20(23)19-18(13)9-8-17(22-19)7-6-15-4-3-5-16(11-15)12-21;1-12-9-13(2)20(22)19-16(12)7-6-15(21-19)5-3-14-4-8-17-18(10-14)24-11-23-17;1-13-12-14(2)19(21)18-17(13)11-10-16(20-18)9-8-15-6-4-3-5-7-15;1-12-10-13(2)18(21)17-16(12)8-7-15(20-17)6-5-14-4-3-9-19-11-14/h3-11,25H,1-2H3;3-11,23H,1-2H3;3-10,22H,11H2,1-2H3;8-12,15,21H,3-7H2,1-2H3;3-11,21H,1-2H3/b6-3+;7-6+;5-3+;9-8+;6-5+. The van der Waals surface area contributed by atoms with Gasteiger partial charge in [-0.25, -0.2) is 24.9 Å². The van der Waals surface area contributed by atoms with E-state index in [1.54, 1.807) is 30.6 Å². The number of hydrogen-bond donors (Lipinski definition) is 5. The van der Waals surface area contributed by atoms with Crippen LogP contribution in [0.3, 0.4) is 0 Å². The van der Waals surface area contributed by atoms with E-state index in [0.717, 1.165) is 139 Å². The number of halogens is 3. The Morgan fingerprint density at radius 1 is 0.383 bits per heavy atom. The zero-order valence-electron chi connectivity index (χ0n) is 65.6. The van der Waals surface area contributed by atoms with Gasteiger partial charge in [-0.05, 0) is 269 Å². The van der Waals surface area contributed by atoms with Crippen molar-refractivity contribution in [3.8, 4) is 52.1 Å². The van der Waals surface area contributed by atoms with Crippen molar-refractivity contribution in [2.24, 2.45) is 5.92 Å². The molecule has 0 saturated heterocycles. The largest absolute Gasteiger partial charge is 0.573 e. The topological polar surface area (TPSA) is 230 Å². The van der Waals surface area contributed by atoms with Crippen LogP contribution < -0.4 is 14.2 Å². The molecule has 8 aromatic carbocycles. The van der Waals surface area contributed by atoms with E-state index in [2.05, 4.69) is 65.9 Å². The number of aryl methyl sites for hydroxylation is 10. The minimum absolute atomic E-state index is 0.148. The summed E-state index contributed by atoms with van der Waals surface area (Å²) < 4.78 is 51.0. The fourth-order valence-corrected chi connectivity index (χ4v) is 13.9. The van der Waals surface area contributed by atoms with Crippen LogP contribution in [-0.4, -0.2) is 68.6 Å². The van der Waals surface area contributed by atoms with E-state index in [1.807, 2.05) is 232 Å². The molecular formula is C97H88F3N7O8. The maximum absolute atomic E-state index is 12.2. The molecule has 6 aromatic heterocycles. The molecule has 0 spiro atoms. The fraction of sp³-hybridized carbons (Fsp3) is 0.186. The number of fused-ring (bicyclic) bond motifs is 6. The number of phenols is 5. The molecule has 2 aliphatic rings. The van der Waals surface area contributed by atoms with Gasteiger partial charge in [0.25, 0.3) is 0 Å². The number of ether oxygens (including phenoxy) is 3. The molecule has 1 saturated carbocycles. The average molecular weight is 1540 g/mol. The first-order valence-corrected chi connectivity index (χ1v) is 37.8. The van der Waals surface area contributed by atoms with Crippen molar-refractivity contribution in [2.45, 2.75) is 108 Å². The maximum atomic E-state index is 12.2. The van der Waals surface area contributed by atoms with Crippen molar-refractivity contribution in [1.29, 1.82) is 5.26 Å². The molecule has 15 nitrogen and oxygen atoms in total. The molecule has 1 fully saturated rings. The number of aromatic nitrogens is 6. The summed E-state index contributed by atoms with van der Waals surface area (Å²) in [4.78, 5) is 26.9. The summed E-state index contributed by atoms with van der Waals surface area (Å²) >= 11 is 0. The van der Waals surface area contributed by atoms with Crippen molar-refractivity contribution in [3.05, 3.63) is 300 Å². The van der Waals surface area contributed by atoms with Crippen LogP contribution in [0.5, 0.6) is 46.0 Å². The van der Waals surface area contributed by atoms with E-state index < -0.39 is 6.36 Å². The van der Waals surface area contributed by atoms with Crippen molar-refractivity contribution in [3.63, 3.8) is 0 Å². The fourth-order valence-electron chi connectivity index (χ4n) is 13.9. The zero-order chi connectivity index (χ0) is 81.6. The van der Waals surface area contributed by atoms with Crippen LogP contribution in [0.2, 0.25) is 0 Å². The third kappa shape index (κ3) is 20.4. The smallest absolute Gasteiger partial charge is 0.505 e. The van der Waals surface area contributed by atoms with Gasteiger partial charge in [-0.1, -0.05) is 147 Å². The molecule has 580 valence electrons. The third-order valence-electron chi connectivity index (χ3n) is 20.0. The van der Waals surface area contributed by atoms with E-state index in [9.17, 15) is 38.7 Å². The number of phenolic OH excluding ortho intramolecular Hbond substituents is 5. The van der Waals surface area contributed by atoms with Crippen molar-refractivity contribution >= 4 is 109 Å². The molecule has 1 aliphatic heterocycles. The Labute approximate surface area is 666 Å². The highest BCUT2D eigenvalue weighted by molar-refractivity contribution is 5.94. The minimum Gasteiger partial charge on any atom is -0.505 e. The molecule has 18 heteroatoms. The highest BCUT2D eigenvalue weighted by Crippen LogP contribution is 2.38. The Kier molecular flexibility index (Phi) is 25.5. The van der Waals surface area contributed by atoms with E-state index in [4.69, 9.17) is 14.7 Å². The van der Waals surface area contributed by atoms with Crippen molar-refractivity contribution in [2.75, 3.05) is 6.79 Å². The lowest BCUT2D eigenvalue weighted by molar-refractivity contribution is -0.274. The highest BCUT2D eigenvalue weighted by Gasteiger charge is 2.31. The van der Waals surface area contributed by atoms with E-state index in [1.165, 1.54) is 56.4 Å². The highest BCUT2D eigenvalue weighted by atomic mass is 19.4. The van der Waals surface area contributed by atoms with Crippen LogP contribution in [0.25, 0.3) is 109 Å². The Hall–Kier alpha value is -13.7. The van der Waals surface area contributed by atoms with Crippen LogP contribution >= 0.6 is 0 Å². The number of allylic oxidation sites excluding steroid dienone is 1. The quantitative estimate of drug-likeness (QED) is 0.0811. The summed E-state index contributed by atoms with van der Waals surface area (Å²) in [6.45, 7) is 19.8. The summed E-state index contributed by atoms with van der Waals surface area (Å²) in [6.07, 6.45) is 25.0. The molecule has 0 bridgehead atoms. The van der Waals surface area contributed by atoms with Gasteiger partial charge in [0.2, 0.25) is 6.79 Å². The lowest BCUT2D eigenvalue weighted by Crippen LogP contribution is -2.16. The number of nitriles is 1. The molecular weight excluding hydrogens is 1450 g/mol. The maximum Gasteiger partial charge on any atom is 0.573 e. The van der Waals surface area contributed by atoms with Crippen molar-refractivity contribution in [1.82, 2.24) is 29.9 Å².